The number of aliphatic hydroxyl groups excluding tert-OH is 1. The Balaban J connectivity index is 3.26. The lowest BCUT2D eigenvalue weighted by atomic mass is 10.7. The highest BCUT2D eigenvalue weighted by Crippen LogP contribution is 1.86. The number of nitrogens with zero attached hydrogens (tertiary/aromatic N) is 1. The molecule has 0 amide bonds. The van der Waals surface area contributed by atoms with E-state index >= 15 is 0 Å². The van der Waals surface area contributed by atoms with Crippen molar-refractivity contribution in [2.24, 2.45) is 0 Å². The normalized spacial score (nSPS) is 9.17. The summed E-state index contributed by atoms with van der Waals surface area (Å²) in [5.41, 5.74) is 0. The van der Waals surface area contributed by atoms with E-state index in [0.717, 1.165) is 6.92 Å². The number of hydrogen-bond donors (Lipinski definition) is 1. The Morgan fingerprint density at radius 2 is 2.17 bits per heavy atom. The molecule has 0 atom stereocenters. The molecule has 0 saturated heterocycles. The van der Waals surface area contributed by atoms with Crippen molar-refractivity contribution in [1.29, 1.82) is 0 Å². The summed E-state index contributed by atoms with van der Waals surface area (Å²) in [6.45, 7) is 1.01. The Hall–Kier alpha value is -0.640. The summed E-state index contributed by atoms with van der Waals surface area (Å²) in [7, 11) is 0. The van der Waals surface area contributed by atoms with Crippen LogP contribution in [-0.2, 0) is 0 Å². The summed E-state index contributed by atoms with van der Waals surface area (Å²) in [5, 5.41) is 17.1. The number of hydrogen-bond acceptors (Lipinski definition) is 3. The van der Waals surface area contributed by atoms with Crippen LogP contribution in [0.3, 0.4) is 0 Å². The lowest BCUT2D eigenvalue weighted by Gasteiger charge is -1.83. The molecule has 4 heteroatoms. The lowest BCUT2D eigenvalue weighted by Crippen LogP contribution is -2.02. The monoisotopic (exact) mass is 90.0 g/mol. The van der Waals surface area contributed by atoms with Crippen LogP contribution in [0.2, 0.25) is 0 Å². The summed E-state index contributed by atoms with van der Waals surface area (Å²) in [5.74, 6) is 0. The summed E-state index contributed by atoms with van der Waals surface area (Å²) in [4.78, 5) is 8.36. The van der Waals surface area contributed by atoms with Crippen molar-refractivity contribution in [2.45, 2.75) is 6.92 Å². The average Bonchev–Trinajstić information content (AvgIpc) is 1.36. The zero-order chi connectivity index (χ0) is 5.15. The highest BCUT2D eigenvalue weighted by molar-refractivity contribution is 4.41. The molecule has 35 valence electrons. The minimum Gasteiger partial charge on any atom is -0.323 e. The molecule has 0 bridgehead atoms. The Kier molecular flexibility index (Phi) is 1.53. The van der Waals surface area contributed by atoms with Crippen molar-refractivity contribution >= 4 is 0 Å². The van der Waals surface area contributed by atoms with Gasteiger partial charge in [-0.1, -0.05) is 0 Å². The zero-order valence-corrected chi connectivity index (χ0v) is 3.21. The van der Waals surface area contributed by atoms with E-state index in [-0.39, 0.29) is 0 Å². The standard InChI is InChI=1S/C2H4NO3/c1-2(4)3(5)6/h4H,1H3. The maximum Gasteiger partial charge on any atom is 0.415 e. The van der Waals surface area contributed by atoms with Gasteiger partial charge in [0, 0.05) is 6.92 Å². The molecule has 0 rings (SSSR count). The molecule has 0 aromatic rings. The molecule has 0 aliphatic carbocycles. The number of aliphatic hydroxyl groups is 1. The van der Waals surface area contributed by atoms with Gasteiger partial charge in [-0.3, -0.25) is 10.1 Å². The number of rotatable bonds is 1. The van der Waals surface area contributed by atoms with E-state index in [0.29, 0.717) is 0 Å². The molecule has 0 saturated carbocycles. The molecule has 0 aliphatic rings. The zero-order valence-electron chi connectivity index (χ0n) is 3.21. The van der Waals surface area contributed by atoms with Crippen LogP contribution in [0.5, 0.6) is 0 Å². The van der Waals surface area contributed by atoms with Crippen molar-refractivity contribution < 1.29 is 10.0 Å². The van der Waals surface area contributed by atoms with Crippen LogP contribution in [0.1, 0.15) is 6.92 Å². The first-order valence-corrected chi connectivity index (χ1v) is 1.31. The summed E-state index contributed by atoms with van der Waals surface area (Å²) >= 11 is 0. The summed E-state index contributed by atoms with van der Waals surface area (Å²) in [6.07, 6.45) is -0.769. The molecule has 0 aliphatic heterocycles. The first kappa shape index (κ1) is 5.36. The van der Waals surface area contributed by atoms with Crippen LogP contribution in [-0.4, -0.2) is 10.0 Å². The highest BCUT2D eigenvalue weighted by atomic mass is 16.7. The molecular formula is C2H4NO3. The lowest BCUT2D eigenvalue weighted by molar-refractivity contribution is -0.502. The van der Waals surface area contributed by atoms with Gasteiger partial charge in [0.2, 0.25) is 0 Å². The maximum atomic E-state index is 9.22. The maximum absolute atomic E-state index is 9.22. The van der Waals surface area contributed by atoms with E-state index < -0.39 is 11.2 Å². The minimum absolute atomic E-state index is 0.769. The Bertz CT molecular complexity index is 59.8. The third kappa shape index (κ3) is 1.66. The minimum atomic E-state index is -0.861. The number of nitro groups is 1. The molecule has 0 heterocycles. The second-order valence-electron chi connectivity index (χ2n) is 0.804. The Morgan fingerprint density at radius 3 is 2.17 bits per heavy atom. The second-order valence-corrected chi connectivity index (χ2v) is 0.804. The first-order chi connectivity index (χ1) is 2.64. The predicted octanol–water partition coefficient (Wildman–Crippen LogP) is 0.145. The van der Waals surface area contributed by atoms with Gasteiger partial charge in [-0.25, -0.2) is 0 Å². The molecule has 0 fully saturated rings. The Morgan fingerprint density at radius 1 is 2.00 bits per heavy atom. The molecule has 6 heavy (non-hydrogen) atoms. The van der Waals surface area contributed by atoms with Crippen LogP contribution in [0.15, 0.2) is 0 Å². The van der Waals surface area contributed by atoms with Crippen LogP contribution < -0.4 is 0 Å². The van der Waals surface area contributed by atoms with Crippen LogP contribution in [0.25, 0.3) is 0 Å². The third-order valence-electron chi connectivity index (χ3n) is 0.264. The van der Waals surface area contributed by atoms with Gasteiger partial charge in [-0.05, 0) is 0 Å². The quantitative estimate of drug-likeness (QED) is 0.368. The molecule has 0 spiro atoms. The molecule has 1 N–H and O–H groups in total. The SMILES string of the molecule is C[C](O)[N+](=O)[O-]. The van der Waals surface area contributed by atoms with Crippen molar-refractivity contribution in [1.82, 2.24) is 0 Å². The van der Waals surface area contributed by atoms with Gasteiger partial charge in [0.25, 0.3) is 0 Å². The smallest absolute Gasteiger partial charge is 0.323 e. The second kappa shape index (κ2) is 1.71. The van der Waals surface area contributed by atoms with Crippen LogP contribution in [0, 0.1) is 16.3 Å². The fourth-order valence-electron chi connectivity index (χ4n) is 0. The summed E-state index contributed by atoms with van der Waals surface area (Å²) < 4.78 is 0. The van der Waals surface area contributed by atoms with Gasteiger partial charge < -0.3 is 5.11 Å². The van der Waals surface area contributed by atoms with E-state index in [2.05, 4.69) is 0 Å². The predicted molar refractivity (Wildman–Crippen MR) is 17.8 cm³/mol. The third-order valence-corrected chi connectivity index (χ3v) is 0.264. The van der Waals surface area contributed by atoms with Gasteiger partial charge in [0.15, 0.2) is 0 Å². The van der Waals surface area contributed by atoms with Gasteiger partial charge in [-0.2, -0.15) is 0 Å². The van der Waals surface area contributed by atoms with Crippen molar-refractivity contribution in [2.75, 3.05) is 0 Å². The Labute approximate surface area is 34.6 Å². The van der Waals surface area contributed by atoms with Crippen molar-refractivity contribution in [3.05, 3.63) is 16.3 Å². The highest BCUT2D eigenvalue weighted by Gasteiger charge is 2.07. The molecule has 4 nitrogen and oxygen atoms in total. The molecular weight excluding hydrogens is 86.0 g/mol. The largest absolute Gasteiger partial charge is 0.415 e. The topological polar surface area (TPSA) is 63.4 Å². The molecule has 1 radical (unpaired) electrons. The fraction of sp³-hybridized carbons (Fsp3) is 0.500. The molecule has 0 unspecified atom stereocenters. The van der Waals surface area contributed by atoms with E-state index in [1.165, 1.54) is 0 Å². The first-order valence-electron chi connectivity index (χ1n) is 1.31. The van der Waals surface area contributed by atoms with E-state index in [1.807, 2.05) is 0 Å². The van der Waals surface area contributed by atoms with E-state index in [4.69, 9.17) is 5.11 Å². The van der Waals surface area contributed by atoms with Gasteiger partial charge in [-0.15, -0.1) is 0 Å². The van der Waals surface area contributed by atoms with E-state index in [1.54, 1.807) is 0 Å². The summed E-state index contributed by atoms with van der Waals surface area (Å²) in [6, 6.07) is 0. The molecule has 0 aromatic carbocycles. The van der Waals surface area contributed by atoms with Gasteiger partial charge in [0.05, 0.1) is 4.92 Å². The van der Waals surface area contributed by atoms with Gasteiger partial charge in [0.1, 0.15) is 0 Å². The van der Waals surface area contributed by atoms with Gasteiger partial charge >= 0.3 is 6.23 Å². The van der Waals surface area contributed by atoms with E-state index in [9.17, 15) is 10.1 Å². The van der Waals surface area contributed by atoms with Crippen molar-refractivity contribution in [3.63, 3.8) is 0 Å². The van der Waals surface area contributed by atoms with Crippen LogP contribution >= 0.6 is 0 Å². The molecule has 0 aromatic heterocycles. The fourth-order valence-corrected chi connectivity index (χ4v) is 0. The average molecular weight is 90.1 g/mol. The van der Waals surface area contributed by atoms with Crippen molar-refractivity contribution in [3.8, 4) is 0 Å². The van der Waals surface area contributed by atoms with Crippen LogP contribution in [0.4, 0.5) is 0 Å².